The van der Waals surface area contributed by atoms with Crippen molar-refractivity contribution in [3.05, 3.63) is 57.6 Å². The molecule has 1 aliphatic heterocycles. The lowest BCUT2D eigenvalue weighted by Crippen LogP contribution is -2.42. The Bertz CT molecular complexity index is 990. The van der Waals surface area contributed by atoms with Crippen molar-refractivity contribution in [2.45, 2.75) is 6.61 Å². The summed E-state index contributed by atoms with van der Waals surface area (Å²) >= 11 is 3.50. The van der Waals surface area contributed by atoms with Gasteiger partial charge in [0.2, 0.25) is 0 Å². The van der Waals surface area contributed by atoms with Crippen LogP contribution in [0.2, 0.25) is 0 Å². The van der Waals surface area contributed by atoms with Crippen molar-refractivity contribution >= 4 is 40.5 Å². The molecule has 0 unspecified atom stereocenters. The van der Waals surface area contributed by atoms with Gasteiger partial charge in [-0.3, -0.25) is 9.69 Å². The number of ether oxygens (including phenoxy) is 3. The molecule has 1 aliphatic rings. The van der Waals surface area contributed by atoms with Crippen LogP contribution in [0.3, 0.4) is 0 Å². The molecule has 0 radical (unpaired) electrons. The van der Waals surface area contributed by atoms with Gasteiger partial charge in [0.15, 0.2) is 11.5 Å². The van der Waals surface area contributed by atoms with Crippen molar-refractivity contribution in [2.24, 2.45) is 5.10 Å². The fourth-order valence-corrected chi connectivity index (χ4v) is 3.43. The first-order chi connectivity index (χ1) is 15.1. The maximum absolute atomic E-state index is 12.0. The predicted octanol–water partition coefficient (Wildman–Crippen LogP) is 3.11. The number of nitrogens with zero attached hydrogens (tertiary/aromatic N) is 3. The average molecular weight is 524 g/mol. The van der Waals surface area contributed by atoms with Crippen LogP contribution >= 0.6 is 28.3 Å². The van der Waals surface area contributed by atoms with Gasteiger partial charge in [0.05, 0.1) is 44.7 Å². The predicted molar refractivity (Wildman–Crippen MR) is 126 cm³/mol. The molecule has 1 N–H and O–H groups in total. The van der Waals surface area contributed by atoms with E-state index in [9.17, 15) is 10.1 Å². The second-order valence-corrected chi connectivity index (χ2v) is 7.62. The summed E-state index contributed by atoms with van der Waals surface area (Å²) in [7, 11) is 1.55. The number of nitriles is 1. The van der Waals surface area contributed by atoms with Crippen LogP contribution in [0.1, 0.15) is 16.7 Å². The van der Waals surface area contributed by atoms with Crippen LogP contribution in [0.25, 0.3) is 0 Å². The largest absolute Gasteiger partial charge is 0.493 e. The van der Waals surface area contributed by atoms with E-state index >= 15 is 0 Å². The molecule has 0 atom stereocenters. The number of hydrogen-bond donors (Lipinski definition) is 1. The Morgan fingerprint density at radius 2 is 2.06 bits per heavy atom. The van der Waals surface area contributed by atoms with E-state index in [-0.39, 0.29) is 31.5 Å². The lowest BCUT2D eigenvalue weighted by molar-refractivity contribution is -0.123. The molecule has 0 aromatic heterocycles. The molecular formula is C22H24BrClN4O4. The Balaban J connectivity index is 0.00000363. The number of carbonyl (C=O) groups is 1. The molecule has 32 heavy (non-hydrogen) atoms. The second-order valence-electron chi connectivity index (χ2n) is 6.76. The summed E-state index contributed by atoms with van der Waals surface area (Å²) in [5.41, 5.74) is 4.61. The summed E-state index contributed by atoms with van der Waals surface area (Å²) < 4.78 is 17.3. The van der Waals surface area contributed by atoms with Crippen LogP contribution in [-0.2, 0) is 16.1 Å². The molecular weight excluding hydrogens is 500 g/mol. The number of rotatable bonds is 8. The normalized spacial score (nSPS) is 13.8. The van der Waals surface area contributed by atoms with Crippen molar-refractivity contribution in [2.75, 3.05) is 40.0 Å². The Hall–Kier alpha value is -2.64. The SMILES string of the molecule is COc1cc(C=NNC(=O)CN2CCOCC2)c(Br)cc1OCc1ccccc1C#N.Cl. The van der Waals surface area contributed by atoms with Gasteiger partial charge in [-0.05, 0) is 34.1 Å². The van der Waals surface area contributed by atoms with Crippen molar-refractivity contribution in [1.29, 1.82) is 5.26 Å². The number of carbonyl (C=O) groups excluding carboxylic acids is 1. The number of amides is 1. The number of hydrogen-bond acceptors (Lipinski definition) is 7. The van der Waals surface area contributed by atoms with Crippen LogP contribution in [0.15, 0.2) is 46.0 Å². The Morgan fingerprint density at radius 3 is 2.78 bits per heavy atom. The second kappa shape index (κ2) is 13.0. The van der Waals surface area contributed by atoms with Gasteiger partial charge in [-0.25, -0.2) is 5.43 Å². The highest BCUT2D eigenvalue weighted by Gasteiger charge is 2.14. The van der Waals surface area contributed by atoms with Gasteiger partial charge in [-0.15, -0.1) is 12.4 Å². The van der Waals surface area contributed by atoms with Gasteiger partial charge in [0, 0.05) is 28.7 Å². The summed E-state index contributed by atoms with van der Waals surface area (Å²) in [6.45, 7) is 3.26. The monoisotopic (exact) mass is 522 g/mol. The van der Waals surface area contributed by atoms with Gasteiger partial charge in [-0.2, -0.15) is 10.4 Å². The summed E-state index contributed by atoms with van der Waals surface area (Å²) in [5, 5.41) is 13.3. The van der Waals surface area contributed by atoms with Crippen LogP contribution in [0, 0.1) is 11.3 Å². The van der Waals surface area contributed by atoms with Crippen molar-refractivity contribution in [1.82, 2.24) is 10.3 Å². The van der Waals surface area contributed by atoms with Gasteiger partial charge in [0.25, 0.3) is 5.91 Å². The highest BCUT2D eigenvalue weighted by Crippen LogP contribution is 2.33. The quantitative estimate of drug-likeness (QED) is 0.422. The maximum atomic E-state index is 12.0. The first-order valence-electron chi connectivity index (χ1n) is 9.71. The molecule has 8 nitrogen and oxygen atoms in total. The standard InChI is InChI=1S/C22H23BrN4O4.ClH/c1-29-20-10-18(13-25-26-22(28)14-27-6-8-30-9-7-27)19(23)11-21(20)31-15-17-5-3-2-4-16(17)12-24;/h2-5,10-11,13H,6-9,14-15H2,1H3,(H,26,28);1H. The van der Waals surface area contributed by atoms with E-state index in [1.165, 1.54) is 0 Å². The highest BCUT2D eigenvalue weighted by molar-refractivity contribution is 9.10. The summed E-state index contributed by atoms with van der Waals surface area (Å²) in [4.78, 5) is 14.1. The van der Waals surface area contributed by atoms with E-state index in [1.807, 2.05) is 23.1 Å². The molecule has 1 saturated heterocycles. The number of halogens is 2. The Morgan fingerprint density at radius 1 is 1.31 bits per heavy atom. The third-order valence-corrected chi connectivity index (χ3v) is 5.35. The van der Waals surface area contributed by atoms with Crippen molar-refractivity contribution < 1.29 is 19.0 Å². The van der Waals surface area contributed by atoms with Crippen LogP contribution < -0.4 is 14.9 Å². The van der Waals surface area contributed by atoms with Crippen LogP contribution in [0.4, 0.5) is 0 Å². The summed E-state index contributed by atoms with van der Waals surface area (Å²) in [6.07, 6.45) is 1.54. The third kappa shape index (κ3) is 7.21. The van der Waals surface area contributed by atoms with Gasteiger partial charge < -0.3 is 14.2 Å². The highest BCUT2D eigenvalue weighted by atomic mass is 79.9. The Labute approximate surface area is 201 Å². The molecule has 1 fully saturated rings. The molecule has 170 valence electrons. The van der Waals surface area contributed by atoms with E-state index in [0.717, 1.165) is 23.1 Å². The average Bonchev–Trinajstić information content (AvgIpc) is 2.79. The molecule has 0 aliphatic carbocycles. The van der Waals surface area contributed by atoms with E-state index in [1.54, 1.807) is 31.5 Å². The van der Waals surface area contributed by atoms with E-state index < -0.39 is 0 Å². The molecule has 0 saturated carbocycles. The fraction of sp³-hybridized carbons (Fsp3) is 0.318. The van der Waals surface area contributed by atoms with Gasteiger partial charge in [-0.1, -0.05) is 18.2 Å². The van der Waals surface area contributed by atoms with Crippen molar-refractivity contribution in [3.63, 3.8) is 0 Å². The van der Waals surface area contributed by atoms with E-state index in [4.69, 9.17) is 14.2 Å². The zero-order valence-corrected chi connectivity index (χ0v) is 19.9. The minimum atomic E-state index is -0.183. The molecule has 10 heteroatoms. The number of morpholine rings is 1. The molecule has 1 amide bonds. The van der Waals surface area contributed by atoms with Gasteiger partial charge in [0.1, 0.15) is 6.61 Å². The molecule has 0 spiro atoms. The third-order valence-electron chi connectivity index (χ3n) is 4.67. The van der Waals surface area contributed by atoms with E-state index in [2.05, 4.69) is 32.5 Å². The van der Waals surface area contributed by atoms with Crippen LogP contribution in [-0.4, -0.2) is 57.0 Å². The first kappa shape index (κ1) is 25.6. The lowest BCUT2D eigenvalue weighted by atomic mass is 10.1. The molecule has 0 bridgehead atoms. The fourth-order valence-electron chi connectivity index (χ4n) is 3.00. The molecule has 2 aromatic carbocycles. The zero-order valence-electron chi connectivity index (χ0n) is 17.5. The summed E-state index contributed by atoms with van der Waals surface area (Å²) in [5.74, 6) is 0.853. The smallest absolute Gasteiger partial charge is 0.254 e. The lowest BCUT2D eigenvalue weighted by Gasteiger charge is -2.25. The topological polar surface area (TPSA) is 96.2 Å². The first-order valence-corrected chi connectivity index (χ1v) is 10.5. The summed E-state index contributed by atoms with van der Waals surface area (Å²) in [6, 6.07) is 13.0. The molecule has 3 rings (SSSR count). The van der Waals surface area contributed by atoms with Crippen molar-refractivity contribution in [3.8, 4) is 17.6 Å². The van der Waals surface area contributed by atoms with Gasteiger partial charge >= 0.3 is 0 Å². The van der Waals surface area contributed by atoms with E-state index in [0.29, 0.717) is 35.8 Å². The number of hydrazone groups is 1. The Kier molecular flexibility index (Phi) is 10.4. The minimum Gasteiger partial charge on any atom is -0.493 e. The molecule has 2 aromatic rings. The molecule has 1 heterocycles. The number of nitrogens with one attached hydrogen (secondary N) is 1. The van der Waals surface area contributed by atoms with Crippen LogP contribution in [0.5, 0.6) is 11.5 Å². The number of benzene rings is 2. The minimum absolute atomic E-state index is 0. The number of methoxy groups -OCH3 is 1. The maximum Gasteiger partial charge on any atom is 0.254 e. The zero-order chi connectivity index (χ0) is 22.1.